The summed E-state index contributed by atoms with van der Waals surface area (Å²) in [6.07, 6.45) is 15.2. The monoisotopic (exact) mass is 473 g/mol. The van der Waals surface area contributed by atoms with E-state index in [0.29, 0.717) is 23.7 Å². The van der Waals surface area contributed by atoms with E-state index in [1.165, 1.54) is 64.2 Å². The number of hydrazine groups is 1. The molecule has 1 aliphatic rings. The van der Waals surface area contributed by atoms with E-state index < -0.39 is 24.3 Å². The van der Waals surface area contributed by atoms with Gasteiger partial charge in [0.15, 0.2) is 0 Å². The number of hydrogen-bond acceptors (Lipinski definition) is 4. The lowest BCUT2D eigenvalue weighted by Crippen LogP contribution is -2.35. The average Bonchev–Trinajstić information content (AvgIpc) is 3.12. The van der Waals surface area contributed by atoms with E-state index in [2.05, 4.69) is 24.6 Å². The highest BCUT2D eigenvalue weighted by atomic mass is 16.3. The molecule has 0 aliphatic carbocycles. The summed E-state index contributed by atoms with van der Waals surface area (Å²) in [5.74, 6) is -1.63. The van der Waals surface area contributed by atoms with Gasteiger partial charge in [0.1, 0.15) is 5.92 Å². The molecule has 190 valence electrons. The number of carbonyl (C=O) groups excluding carboxylic acids is 3. The largest absolute Gasteiger partial charge is 0.395 e. The number of nitrogens with zero attached hydrogens (tertiary/aromatic N) is 1. The first kappa shape index (κ1) is 27.8. The molecule has 2 unspecified atom stereocenters. The number of aliphatic hydroxyl groups excluding tert-OH is 1. The second-order valence-corrected chi connectivity index (χ2v) is 9.46. The minimum absolute atomic E-state index is 0.0186. The third-order valence-corrected chi connectivity index (χ3v) is 6.55. The van der Waals surface area contributed by atoms with E-state index in [1.807, 2.05) is 0 Å². The standard InChI is InChI=1S/C27H43N3O4/c1-3-5-7-9-10-12-14-21(13-11-8-6-4-2)19-25(32)28-22-15-17-23(18-16-22)30-27(34)24(20-31)26(33)29-30/h15-18,21,24,31H,3-14,19-20H2,1-2H3,(H,28,32)(H,29,33). The third kappa shape index (κ3) is 9.09. The van der Waals surface area contributed by atoms with Gasteiger partial charge in [0.05, 0.1) is 12.3 Å². The number of aliphatic hydroxyl groups is 1. The molecule has 0 bridgehead atoms. The van der Waals surface area contributed by atoms with Gasteiger partial charge in [0.25, 0.3) is 11.8 Å². The number of unbranched alkanes of at least 4 members (excludes halogenated alkanes) is 8. The average molecular weight is 474 g/mol. The number of anilines is 2. The molecule has 3 amide bonds. The Morgan fingerprint density at radius 3 is 2.06 bits per heavy atom. The van der Waals surface area contributed by atoms with Crippen molar-refractivity contribution in [3.8, 4) is 0 Å². The van der Waals surface area contributed by atoms with Crippen molar-refractivity contribution in [2.45, 2.75) is 97.3 Å². The van der Waals surface area contributed by atoms with Crippen LogP contribution in [0, 0.1) is 11.8 Å². The lowest BCUT2D eigenvalue weighted by Gasteiger charge is -2.18. The maximum Gasteiger partial charge on any atom is 0.260 e. The molecule has 3 N–H and O–H groups in total. The Balaban J connectivity index is 1.85. The molecule has 2 rings (SSSR count). The summed E-state index contributed by atoms with van der Waals surface area (Å²) < 4.78 is 0. The zero-order valence-electron chi connectivity index (χ0n) is 21.0. The topological polar surface area (TPSA) is 98.7 Å². The fourth-order valence-corrected chi connectivity index (χ4v) is 4.45. The summed E-state index contributed by atoms with van der Waals surface area (Å²) >= 11 is 0. The molecule has 7 nitrogen and oxygen atoms in total. The predicted octanol–water partition coefficient (Wildman–Crippen LogP) is 5.34. The van der Waals surface area contributed by atoms with Crippen molar-refractivity contribution < 1.29 is 19.5 Å². The molecular formula is C27H43N3O4. The number of carbonyl (C=O) groups is 3. The third-order valence-electron chi connectivity index (χ3n) is 6.55. The second-order valence-electron chi connectivity index (χ2n) is 9.46. The Kier molecular flexibility index (Phi) is 12.7. The Labute approximate surface area is 204 Å². The molecule has 0 radical (unpaired) electrons. The first-order chi connectivity index (χ1) is 16.5. The first-order valence-corrected chi connectivity index (χ1v) is 13.1. The number of hydrogen-bond donors (Lipinski definition) is 3. The summed E-state index contributed by atoms with van der Waals surface area (Å²) in [5, 5.41) is 13.3. The quantitative estimate of drug-likeness (QED) is 0.210. The van der Waals surface area contributed by atoms with Crippen molar-refractivity contribution in [3.63, 3.8) is 0 Å². The highest BCUT2D eigenvalue weighted by molar-refractivity contribution is 6.14. The SMILES string of the molecule is CCCCCCCCC(CCCCCC)CC(=O)Nc1ccc(N2NC(=O)C(CO)C2=O)cc1. The van der Waals surface area contributed by atoms with E-state index in [-0.39, 0.29) is 5.91 Å². The van der Waals surface area contributed by atoms with Gasteiger partial charge in [-0.25, -0.2) is 5.01 Å². The van der Waals surface area contributed by atoms with Crippen LogP contribution in [0.4, 0.5) is 11.4 Å². The van der Waals surface area contributed by atoms with Crippen molar-refractivity contribution in [2.24, 2.45) is 11.8 Å². The molecule has 1 saturated heterocycles. The molecule has 1 fully saturated rings. The van der Waals surface area contributed by atoms with Crippen LogP contribution in [-0.2, 0) is 14.4 Å². The molecule has 2 atom stereocenters. The molecule has 1 heterocycles. The molecule has 0 saturated carbocycles. The van der Waals surface area contributed by atoms with Gasteiger partial charge in [-0.1, -0.05) is 78.1 Å². The summed E-state index contributed by atoms with van der Waals surface area (Å²) in [7, 11) is 0. The van der Waals surface area contributed by atoms with Gasteiger partial charge in [0, 0.05) is 12.1 Å². The van der Waals surface area contributed by atoms with Crippen LogP contribution < -0.4 is 15.8 Å². The van der Waals surface area contributed by atoms with Crippen LogP contribution in [0.25, 0.3) is 0 Å². The number of amides is 3. The van der Waals surface area contributed by atoms with Crippen LogP contribution in [-0.4, -0.2) is 29.4 Å². The molecule has 7 heteroatoms. The molecule has 1 aromatic carbocycles. The highest BCUT2D eigenvalue weighted by Crippen LogP contribution is 2.24. The molecule has 1 aliphatic heterocycles. The smallest absolute Gasteiger partial charge is 0.260 e. The fraction of sp³-hybridized carbons (Fsp3) is 0.667. The molecule has 0 spiro atoms. The van der Waals surface area contributed by atoms with E-state index >= 15 is 0 Å². The fourth-order valence-electron chi connectivity index (χ4n) is 4.45. The van der Waals surface area contributed by atoms with Gasteiger partial charge in [-0.05, 0) is 43.0 Å². The molecule has 1 aromatic rings. The van der Waals surface area contributed by atoms with Crippen LogP contribution in [0.5, 0.6) is 0 Å². The minimum atomic E-state index is -1.07. The predicted molar refractivity (Wildman–Crippen MR) is 136 cm³/mol. The summed E-state index contributed by atoms with van der Waals surface area (Å²) in [6.45, 7) is 3.92. The van der Waals surface area contributed by atoms with E-state index in [1.54, 1.807) is 24.3 Å². The lowest BCUT2D eigenvalue weighted by molar-refractivity contribution is -0.129. The zero-order valence-corrected chi connectivity index (χ0v) is 21.0. The summed E-state index contributed by atoms with van der Waals surface area (Å²) in [6, 6.07) is 6.80. The van der Waals surface area contributed by atoms with E-state index in [0.717, 1.165) is 17.9 Å². The normalized spacial score (nSPS) is 16.6. The first-order valence-electron chi connectivity index (χ1n) is 13.1. The van der Waals surface area contributed by atoms with Crippen molar-refractivity contribution in [3.05, 3.63) is 24.3 Å². The minimum Gasteiger partial charge on any atom is -0.395 e. The highest BCUT2D eigenvalue weighted by Gasteiger charge is 2.39. The van der Waals surface area contributed by atoms with Crippen LogP contribution in [0.2, 0.25) is 0 Å². The Hall–Kier alpha value is -2.41. The van der Waals surface area contributed by atoms with Gasteiger partial charge in [0.2, 0.25) is 5.91 Å². The van der Waals surface area contributed by atoms with Crippen molar-refractivity contribution in [2.75, 3.05) is 16.9 Å². The lowest BCUT2D eigenvalue weighted by atomic mass is 9.91. The van der Waals surface area contributed by atoms with Gasteiger partial charge in [-0.15, -0.1) is 0 Å². The molecule has 34 heavy (non-hydrogen) atoms. The summed E-state index contributed by atoms with van der Waals surface area (Å²) in [5.41, 5.74) is 3.62. The summed E-state index contributed by atoms with van der Waals surface area (Å²) in [4.78, 5) is 36.8. The maximum absolute atomic E-state index is 12.7. The maximum atomic E-state index is 12.7. The Morgan fingerprint density at radius 2 is 1.50 bits per heavy atom. The van der Waals surface area contributed by atoms with Gasteiger partial charge < -0.3 is 10.4 Å². The van der Waals surface area contributed by atoms with Crippen LogP contribution in [0.15, 0.2) is 24.3 Å². The second kappa shape index (κ2) is 15.5. The Bertz CT molecular complexity index is 766. The van der Waals surface area contributed by atoms with Crippen LogP contribution in [0.3, 0.4) is 0 Å². The van der Waals surface area contributed by atoms with E-state index in [9.17, 15) is 19.5 Å². The van der Waals surface area contributed by atoms with E-state index in [4.69, 9.17) is 0 Å². The molecular weight excluding hydrogens is 430 g/mol. The van der Waals surface area contributed by atoms with Gasteiger partial charge in [-0.2, -0.15) is 0 Å². The van der Waals surface area contributed by atoms with Crippen molar-refractivity contribution in [1.29, 1.82) is 0 Å². The molecule has 0 aromatic heterocycles. The Morgan fingerprint density at radius 1 is 0.941 bits per heavy atom. The number of benzene rings is 1. The van der Waals surface area contributed by atoms with Crippen molar-refractivity contribution >= 4 is 29.1 Å². The van der Waals surface area contributed by atoms with Crippen molar-refractivity contribution in [1.82, 2.24) is 5.43 Å². The van der Waals surface area contributed by atoms with Crippen LogP contribution >= 0.6 is 0 Å². The number of nitrogens with one attached hydrogen (secondary N) is 2. The van der Waals surface area contributed by atoms with Gasteiger partial charge in [-0.3, -0.25) is 19.8 Å². The zero-order chi connectivity index (χ0) is 24.8. The van der Waals surface area contributed by atoms with Gasteiger partial charge >= 0.3 is 0 Å². The van der Waals surface area contributed by atoms with Crippen LogP contribution in [0.1, 0.15) is 97.3 Å². The number of rotatable bonds is 17.